The van der Waals surface area contributed by atoms with E-state index in [2.05, 4.69) is 15.5 Å². The van der Waals surface area contributed by atoms with Gasteiger partial charge in [-0.25, -0.2) is 0 Å². The van der Waals surface area contributed by atoms with E-state index in [-0.39, 0.29) is 17.9 Å². The molecule has 2 amide bonds. The van der Waals surface area contributed by atoms with Crippen molar-refractivity contribution >= 4 is 23.2 Å². The summed E-state index contributed by atoms with van der Waals surface area (Å²) in [5.74, 6) is -0.110. The molecule has 0 spiro atoms. The van der Waals surface area contributed by atoms with Gasteiger partial charge in [-0.1, -0.05) is 30.3 Å². The smallest absolute Gasteiger partial charge is 0.251 e. The molecule has 2 aliphatic heterocycles. The second-order valence-electron chi connectivity index (χ2n) is 6.24. The third-order valence-corrected chi connectivity index (χ3v) is 4.68. The minimum Gasteiger partial charge on any atom is -0.358 e. The first-order valence-electron chi connectivity index (χ1n) is 8.26. The van der Waals surface area contributed by atoms with E-state index in [0.29, 0.717) is 12.1 Å². The molecule has 0 aromatic heterocycles. The van der Waals surface area contributed by atoms with Crippen LogP contribution in [-0.2, 0) is 11.3 Å². The van der Waals surface area contributed by atoms with Crippen LogP contribution in [0.25, 0.3) is 0 Å². The lowest BCUT2D eigenvalue weighted by Crippen LogP contribution is -2.44. The lowest BCUT2D eigenvalue weighted by Gasteiger charge is -2.33. The number of nitrogens with zero attached hydrogens (tertiary/aromatic N) is 1. The summed E-state index contributed by atoms with van der Waals surface area (Å²) in [6, 6.07) is 15.3. The number of amides is 2. The van der Waals surface area contributed by atoms with Crippen molar-refractivity contribution in [3.05, 3.63) is 59.7 Å². The predicted octanol–water partition coefficient (Wildman–Crippen LogP) is 2.54. The van der Waals surface area contributed by atoms with Crippen LogP contribution in [0.2, 0.25) is 0 Å². The maximum atomic E-state index is 12.4. The fourth-order valence-corrected chi connectivity index (χ4v) is 3.45. The van der Waals surface area contributed by atoms with E-state index < -0.39 is 0 Å². The van der Waals surface area contributed by atoms with Gasteiger partial charge in [0.1, 0.15) is 6.04 Å². The number of rotatable bonds is 3. The molecule has 5 nitrogen and oxygen atoms in total. The minimum atomic E-state index is -0.139. The molecule has 5 heteroatoms. The summed E-state index contributed by atoms with van der Waals surface area (Å²) in [6.07, 6.45) is 1.92. The van der Waals surface area contributed by atoms with Gasteiger partial charge in [0, 0.05) is 18.7 Å². The van der Waals surface area contributed by atoms with Crippen LogP contribution in [0.5, 0.6) is 0 Å². The SMILES string of the molecule is O=C(NCc1ccccc1)c1ccc2c(c1)NC(=O)[C@@H]1CCCN21. The van der Waals surface area contributed by atoms with Gasteiger partial charge in [-0.15, -0.1) is 0 Å². The monoisotopic (exact) mass is 321 g/mol. The third kappa shape index (κ3) is 2.62. The number of benzene rings is 2. The van der Waals surface area contributed by atoms with E-state index in [4.69, 9.17) is 0 Å². The van der Waals surface area contributed by atoms with Gasteiger partial charge < -0.3 is 15.5 Å². The number of hydrogen-bond acceptors (Lipinski definition) is 3. The minimum absolute atomic E-state index is 0.0295. The molecule has 0 bridgehead atoms. The van der Waals surface area contributed by atoms with Gasteiger partial charge >= 0.3 is 0 Å². The molecule has 1 fully saturated rings. The van der Waals surface area contributed by atoms with Crippen LogP contribution in [-0.4, -0.2) is 24.4 Å². The molecule has 2 N–H and O–H groups in total. The molecule has 0 aliphatic carbocycles. The van der Waals surface area contributed by atoms with Crippen molar-refractivity contribution in [2.45, 2.75) is 25.4 Å². The van der Waals surface area contributed by atoms with E-state index in [1.807, 2.05) is 42.5 Å². The zero-order valence-corrected chi connectivity index (χ0v) is 13.3. The van der Waals surface area contributed by atoms with Crippen molar-refractivity contribution in [2.24, 2.45) is 0 Å². The highest BCUT2D eigenvalue weighted by molar-refractivity contribution is 6.06. The van der Waals surface area contributed by atoms with Crippen molar-refractivity contribution in [1.29, 1.82) is 0 Å². The Morgan fingerprint density at radius 2 is 2.04 bits per heavy atom. The number of carbonyl (C=O) groups is 2. The number of anilines is 2. The Morgan fingerprint density at radius 1 is 1.21 bits per heavy atom. The fraction of sp³-hybridized carbons (Fsp3) is 0.263. The topological polar surface area (TPSA) is 61.4 Å². The summed E-state index contributed by atoms with van der Waals surface area (Å²) in [7, 11) is 0. The van der Waals surface area contributed by atoms with Crippen LogP contribution < -0.4 is 15.5 Å². The van der Waals surface area contributed by atoms with E-state index >= 15 is 0 Å². The maximum absolute atomic E-state index is 12.4. The molecule has 2 aromatic rings. The van der Waals surface area contributed by atoms with Crippen LogP contribution in [0, 0.1) is 0 Å². The first kappa shape index (κ1) is 14.8. The van der Waals surface area contributed by atoms with Crippen LogP contribution in [0.15, 0.2) is 48.5 Å². The molecule has 122 valence electrons. The lowest BCUT2D eigenvalue weighted by molar-refractivity contribution is -0.117. The summed E-state index contributed by atoms with van der Waals surface area (Å²) in [4.78, 5) is 26.7. The second kappa shape index (κ2) is 6.00. The van der Waals surface area contributed by atoms with Crippen molar-refractivity contribution in [2.75, 3.05) is 16.8 Å². The van der Waals surface area contributed by atoms with Crippen LogP contribution >= 0.6 is 0 Å². The number of hydrogen-bond donors (Lipinski definition) is 2. The summed E-state index contributed by atoms with van der Waals surface area (Å²) < 4.78 is 0. The van der Waals surface area contributed by atoms with Gasteiger partial charge in [-0.05, 0) is 36.6 Å². The van der Waals surface area contributed by atoms with Crippen LogP contribution in [0.3, 0.4) is 0 Å². The van der Waals surface area contributed by atoms with E-state index in [1.54, 1.807) is 6.07 Å². The molecule has 0 radical (unpaired) electrons. The zero-order chi connectivity index (χ0) is 16.5. The summed E-state index contributed by atoms with van der Waals surface area (Å²) in [5, 5.41) is 5.85. The molecule has 0 saturated carbocycles. The molecular formula is C19H19N3O2. The molecule has 4 rings (SSSR count). The molecular weight excluding hydrogens is 302 g/mol. The second-order valence-corrected chi connectivity index (χ2v) is 6.24. The van der Waals surface area contributed by atoms with Gasteiger partial charge in [0.2, 0.25) is 5.91 Å². The predicted molar refractivity (Wildman–Crippen MR) is 93.1 cm³/mol. The Hall–Kier alpha value is -2.82. The Morgan fingerprint density at radius 3 is 2.88 bits per heavy atom. The normalized spacial score (nSPS) is 18.6. The summed E-state index contributed by atoms with van der Waals surface area (Å²) in [6.45, 7) is 1.38. The number of fused-ring (bicyclic) bond motifs is 3. The van der Waals surface area contributed by atoms with Crippen molar-refractivity contribution in [3.8, 4) is 0 Å². The number of carbonyl (C=O) groups excluding carboxylic acids is 2. The first-order valence-corrected chi connectivity index (χ1v) is 8.26. The average molecular weight is 321 g/mol. The molecule has 1 saturated heterocycles. The molecule has 2 aliphatic rings. The van der Waals surface area contributed by atoms with Gasteiger partial charge in [-0.3, -0.25) is 9.59 Å². The van der Waals surface area contributed by atoms with Gasteiger partial charge in [0.15, 0.2) is 0 Å². The third-order valence-electron chi connectivity index (χ3n) is 4.68. The highest BCUT2D eigenvalue weighted by Gasteiger charge is 2.36. The van der Waals surface area contributed by atoms with E-state index in [1.165, 1.54) is 0 Å². The molecule has 24 heavy (non-hydrogen) atoms. The van der Waals surface area contributed by atoms with Gasteiger partial charge in [0.05, 0.1) is 11.4 Å². The number of nitrogens with one attached hydrogen (secondary N) is 2. The van der Waals surface area contributed by atoms with Crippen molar-refractivity contribution in [1.82, 2.24) is 5.32 Å². The van der Waals surface area contributed by atoms with Crippen molar-refractivity contribution in [3.63, 3.8) is 0 Å². The quantitative estimate of drug-likeness (QED) is 0.913. The van der Waals surface area contributed by atoms with Crippen LogP contribution in [0.4, 0.5) is 11.4 Å². The average Bonchev–Trinajstić information content (AvgIpc) is 3.11. The molecule has 2 heterocycles. The standard InChI is InChI=1S/C19H19N3O2/c23-18(20-12-13-5-2-1-3-6-13)14-8-9-16-15(11-14)21-19(24)17-7-4-10-22(16)17/h1-3,5-6,8-9,11,17H,4,7,10,12H2,(H,20,23)(H,21,24)/t17-/m0/s1. The molecule has 2 aromatic carbocycles. The Balaban J connectivity index is 1.52. The fourth-order valence-electron chi connectivity index (χ4n) is 3.45. The maximum Gasteiger partial charge on any atom is 0.251 e. The summed E-state index contributed by atoms with van der Waals surface area (Å²) in [5.41, 5.74) is 3.35. The highest BCUT2D eigenvalue weighted by atomic mass is 16.2. The Labute approximate surface area is 140 Å². The van der Waals surface area contributed by atoms with Gasteiger partial charge in [0.25, 0.3) is 5.91 Å². The van der Waals surface area contributed by atoms with Crippen LogP contribution in [0.1, 0.15) is 28.8 Å². The first-order chi connectivity index (χ1) is 11.7. The molecule has 1 atom stereocenters. The zero-order valence-electron chi connectivity index (χ0n) is 13.3. The largest absolute Gasteiger partial charge is 0.358 e. The Kier molecular flexibility index (Phi) is 3.69. The molecule has 0 unspecified atom stereocenters. The Bertz CT molecular complexity index is 788. The lowest BCUT2D eigenvalue weighted by atomic mass is 10.1. The van der Waals surface area contributed by atoms with E-state index in [0.717, 1.165) is 36.3 Å². The highest BCUT2D eigenvalue weighted by Crippen LogP contribution is 2.37. The summed E-state index contributed by atoms with van der Waals surface area (Å²) >= 11 is 0. The van der Waals surface area contributed by atoms with Crippen molar-refractivity contribution < 1.29 is 9.59 Å². The van der Waals surface area contributed by atoms with E-state index in [9.17, 15) is 9.59 Å². The van der Waals surface area contributed by atoms with Gasteiger partial charge in [-0.2, -0.15) is 0 Å².